The Kier molecular flexibility index (Phi) is 5.62. The maximum absolute atomic E-state index is 13.0. The third-order valence-corrected chi connectivity index (χ3v) is 4.60. The molecule has 0 radical (unpaired) electrons. The van der Waals surface area contributed by atoms with Crippen LogP contribution in [0.5, 0.6) is 11.5 Å². The van der Waals surface area contributed by atoms with Crippen LogP contribution in [0.15, 0.2) is 42.1 Å². The van der Waals surface area contributed by atoms with Crippen molar-refractivity contribution in [2.45, 2.75) is 6.61 Å². The number of hydrogen-bond donors (Lipinski definition) is 1. The van der Waals surface area contributed by atoms with Gasteiger partial charge in [-0.25, -0.2) is 4.39 Å². The SMILES string of the molecule is COc1cc(C=C2NC(=S)N(C)C2=O)cc(Cl)c1OCc1ccc(F)cc1. The summed E-state index contributed by atoms with van der Waals surface area (Å²) in [6.07, 6.45) is 1.64. The van der Waals surface area contributed by atoms with Gasteiger partial charge in [0.1, 0.15) is 18.1 Å². The maximum Gasteiger partial charge on any atom is 0.276 e. The van der Waals surface area contributed by atoms with E-state index in [2.05, 4.69) is 5.32 Å². The lowest BCUT2D eigenvalue weighted by atomic mass is 10.1. The van der Waals surface area contributed by atoms with Gasteiger partial charge in [0.15, 0.2) is 16.6 Å². The fourth-order valence-corrected chi connectivity index (χ4v) is 2.96. The smallest absolute Gasteiger partial charge is 0.276 e. The average molecular weight is 407 g/mol. The van der Waals surface area contributed by atoms with Crippen LogP contribution in [0.2, 0.25) is 5.02 Å². The van der Waals surface area contributed by atoms with Crippen LogP contribution < -0.4 is 14.8 Å². The topological polar surface area (TPSA) is 50.8 Å². The zero-order valence-electron chi connectivity index (χ0n) is 14.6. The molecule has 140 valence electrons. The zero-order chi connectivity index (χ0) is 19.6. The highest BCUT2D eigenvalue weighted by Gasteiger charge is 2.27. The summed E-state index contributed by atoms with van der Waals surface area (Å²) in [6, 6.07) is 9.35. The Labute approximate surface area is 166 Å². The van der Waals surface area contributed by atoms with Crippen LogP contribution in [-0.2, 0) is 11.4 Å². The van der Waals surface area contributed by atoms with Crippen molar-refractivity contribution < 1.29 is 18.7 Å². The first kappa shape index (κ1) is 19.1. The van der Waals surface area contributed by atoms with Gasteiger partial charge in [-0.1, -0.05) is 23.7 Å². The summed E-state index contributed by atoms with van der Waals surface area (Å²) >= 11 is 11.4. The molecule has 2 aromatic rings. The second kappa shape index (κ2) is 7.94. The Morgan fingerprint density at radius 3 is 2.59 bits per heavy atom. The number of amides is 1. The van der Waals surface area contributed by atoms with E-state index in [1.165, 1.54) is 24.1 Å². The van der Waals surface area contributed by atoms with Crippen LogP contribution in [0.1, 0.15) is 11.1 Å². The van der Waals surface area contributed by atoms with Crippen molar-refractivity contribution in [3.05, 3.63) is 64.1 Å². The van der Waals surface area contributed by atoms with E-state index < -0.39 is 0 Å². The molecule has 2 aromatic carbocycles. The monoisotopic (exact) mass is 406 g/mol. The number of carbonyl (C=O) groups is 1. The maximum atomic E-state index is 13.0. The largest absolute Gasteiger partial charge is 0.493 e. The van der Waals surface area contributed by atoms with Gasteiger partial charge < -0.3 is 14.8 Å². The molecule has 1 aliphatic heterocycles. The van der Waals surface area contributed by atoms with Gasteiger partial charge in [0.2, 0.25) is 0 Å². The quantitative estimate of drug-likeness (QED) is 0.605. The lowest BCUT2D eigenvalue weighted by molar-refractivity contribution is -0.121. The van der Waals surface area contributed by atoms with E-state index in [1.807, 2.05) is 0 Å². The van der Waals surface area contributed by atoms with E-state index >= 15 is 0 Å². The molecule has 1 N–H and O–H groups in total. The van der Waals surface area contributed by atoms with Gasteiger partial charge in [0.25, 0.3) is 5.91 Å². The van der Waals surface area contributed by atoms with Crippen LogP contribution >= 0.6 is 23.8 Å². The third-order valence-electron chi connectivity index (χ3n) is 3.94. The second-order valence-corrected chi connectivity index (χ2v) is 6.60. The fraction of sp³-hybridized carbons (Fsp3) is 0.158. The molecule has 0 unspecified atom stereocenters. The van der Waals surface area contributed by atoms with Crippen molar-refractivity contribution in [2.24, 2.45) is 0 Å². The van der Waals surface area contributed by atoms with E-state index in [1.54, 1.807) is 37.4 Å². The molecule has 8 heteroatoms. The summed E-state index contributed by atoms with van der Waals surface area (Å²) in [5, 5.41) is 3.51. The van der Waals surface area contributed by atoms with E-state index in [0.29, 0.717) is 32.9 Å². The molecule has 0 aromatic heterocycles. The Morgan fingerprint density at radius 2 is 2.00 bits per heavy atom. The second-order valence-electron chi connectivity index (χ2n) is 5.80. The van der Waals surface area contributed by atoms with Gasteiger partial charge in [-0.15, -0.1) is 0 Å². The molecule has 0 aliphatic carbocycles. The number of hydrogen-bond acceptors (Lipinski definition) is 4. The highest BCUT2D eigenvalue weighted by Crippen LogP contribution is 2.37. The summed E-state index contributed by atoms with van der Waals surface area (Å²) in [6.45, 7) is 0.204. The zero-order valence-corrected chi connectivity index (χ0v) is 16.2. The van der Waals surface area contributed by atoms with Crippen LogP contribution in [-0.4, -0.2) is 30.1 Å². The number of thiocarbonyl (C=S) groups is 1. The lowest BCUT2D eigenvalue weighted by Crippen LogP contribution is -2.25. The van der Waals surface area contributed by atoms with Gasteiger partial charge in [-0.05, 0) is 53.7 Å². The molecule has 5 nitrogen and oxygen atoms in total. The number of carbonyl (C=O) groups excluding carboxylic acids is 1. The predicted molar refractivity (Wildman–Crippen MR) is 105 cm³/mol. The molecule has 0 spiro atoms. The molecule has 1 amide bonds. The minimum atomic E-state index is -0.313. The fourth-order valence-electron chi connectivity index (χ4n) is 2.49. The van der Waals surface area contributed by atoms with Gasteiger partial charge in [-0.2, -0.15) is 0 Å². The summed E-state index contributed by atoms with van der Waals surface area (Å²) in [7, 11) is 3.09. The number of ether oxygens (including phenoxy) is 2. The highest BCUT2D eigenvalue weighted by molar-refractivity contribution is 7.80. The van der Waals surface area contributed by atoms with Crippen LogP contribution in [0.3, 0.4) is 0 Å². The number of likely N-dealkylation sites (N-methyl/N-ethyl adjacent to an activating group) is 1. The normalized spacial score (nSPS) is 15.3. The molecule has 0 saturated carbocycles. The van der Waals surface area contributed by atoms with Crippen molar-refractivity contribution in [1.29, 1.82) is 0 Å². The molecule has 0 bridgehead atoms. The molecule has 0 atom stereocenters. The Hall–Kier alpha value is -2.64. The van der Waals surface area contributed by atoms with E-state index in [9.17, 15) is 9.18 Å². The van der Waals surface area contributed by atoms with Crippen molar-refractivity contribution >= 4 is 40.9 Å². The Bertz CT molecular complexity index is 931. The minimum absolute atomic E-state index is 0.204. The first-order valence-electron chi connectivity index (χ1n) is 7.94. The Balaban J connectivity index is 1.84. The molecular weight excluding hydrogens is 391 g/mol. The molecule has 3 rings (SSSR count). The summed E-state index contributed by atoms with van der Waals surface area (Å²) < 4.78 is 24.1. The predicted octanol–water partition coefficient (Wildman–Crippen LogP) is 3.75. The number of benzene rings is 2. The van der Waals surface area contributed by atoms with E-state index in [0.717, 1.165) is 5.56 Å². The van der Waals surface area contributed by atoms with Gasteiger partial charge in [-0.3, -0.25) is 9.69 Å². The summed E-state index contributed by atoms with van der Waals surface area (Å²) in [5.41, 5.74) is 1.79. The van der Waals surface area contributed by atoms with Crippen molar-refractivity contribution in [3.8, 4) is 11.5 Å². The molecular formula is C19H16ClFN2O3S. The molecule has 1 heterocycles. The van der Waals surface area contributed by atoms with Crippen LogP contribution in [0.4, 0.5) is 4.39 Å². The van der Waals surface area contributed by atoms with Crippen molar-refractivity contribution in [1.82, 2.24) is 10.2 Å². The average Bonchev–Trinajstić information content (AvgIpc) is 2.88. The van der Waals surface area contributed by atoms with Crippen molar-refractivity contribution in [3.63, 3.8) is 0 Å². The number of rotatable bonds is 5. The molecule has 27 heavy (non-hydrogen) atoms. The van der Waals surface area contributed by atoms with Crippen molar-refractivity contribution in [2.75, 3.05) is 14.2 Å². The third kappa shape index (κ3) is 4.20. The Morgan fingerprint density at radius 1 is 1.30 bits per heavy atom. The molecule has 1 saturated heterocycles. The van der Waals surface area contributed by atoms with E-state index in [4.69, 9.17) is 33.3 Å². The van der Waals surface area contributed by atoms with Gasteiger partial charge in [0, 0.05) is 7.05 Å². The van der Waals surface area contributed by atoms with Crippen LogP contribution in [0, 0.1) is 5.82 Å². The standard InChI is InChI=1S/C19H16ClFN2O3S/c1-23-18(24)15(22-19(23)27)8-12-7-14(20)17(16(9-12)25-2)26-10-11-3-5-13(21)6-4-11/h3-9H,10H2,1-2H3,(H,22,27). The summed E-state index contributed by atoms with van der Waals surface area (Å²) in [5.74, 6) is 0.237. The lowest BCUT2D eigenvalue weighted by Gasteiger charge is -2.13. The summed E-state index contributed by atoms with van der Waals surface area (Å²) in [4.78, 5) is 13.4. The van der Waals surface area contributed by atoms with E-state index in [-0.39, 0.29) is 18.3 Å². The number of methoxy groups -OCH3 is 1. The highest BCUT2D eigenvalue weighted by atomic mass is 35.5. The molecule has 1 fully saturated rings. The molecule has 1 aliphatic rings. The number of nitrogens with one attached hydrogen (secondary N) is 1. The first-order chi connectivity index (χ1) is 12.9. The minimum Gasteiger partial charge on any atom is -0.493 e. The number of halogens is 2. The van der Waals surface area contributed by atoms with Gasteiger partial charge >= 0.3 is 0 Å². The van der Waals surface area contributed by atoms with Gasteiger partial charge in [0.05, 0.1) is 12.1 Å². The number of nitrogens with zero attached hydrogens (tertiary/aromatic N) is 1. The van der Waals surface area contributed by atoms with Crippen LogP contribution in [0.25, 0.3) is 6.08 Å². The first-order valence-corrected chi connectivity index (χ1v) is 8.73.